The van der Waals surface area contributed by atoms with E-state index in [9.17, 15) is 4.79 Å². The van der Waals surface area contributed by atoms with Crippen LogP contribution in [-0.2, 0) is 4.79 Å². The van der Waals surface area contributed by atoms with Gasteiger partial charge in [-0.15, -0.1) is 0 Å². The number of amidine groups is 1. The number of amides is 1. The number of hydrogen-bond acceptors (Lipinski definition) is 5. The minimum absolute atomic E-state index is 0.0169. The highest BCUT2D eigenvalue weighted by Gasteiger charge is 2.35. The molecule has 0 N–H and O–H groups in total. The summed E-state index contributed by atoms with van der Waals surface area (Å²) in [5.41, 5.74) is 1.70. The average molecular weight is 397 g/mol. The first kappa shape index (κ1) is 20.0. The van der Waals surface area contributed by atoms with Gasteiger partial charge in [0.05, 0.1) is 24.3 Å². The molecule has 1 saturated heterocycles. The minimum Gasteiger partial charge on any atom is -0.493 e. The van der Waals surface area contributed by atoms with Crippen molar-refractivity contribution in [3.05, 3.63) is 59.0 Å². The summed E-state index contributed by atoms with van der Waals surface area (Å²) in [6.07, 6.45) is 1.87. The van der Waals surface area contributed by atoms with Crippen molar-refractivity contribution in [3.8, 4) is 11.5 Å². The Morgan fingerprint density at radius 1 is 1.14 bits per heavy atom. The zero-order valence-electron chi connectivity index (χ0n) is 16.5. The van der Waals surface area contributed by atoms with Crippen LogP contribution in [0, 0.1) is 0 Å². The molecule has 1 aliphatic rings. The molecule has 0 aliphatic carbocycles. The predicted octanol–water partition coefficient (Wildman–Crippen LogP) is 5.11. The van der Waals surface area contributed by atoms with Gasteiger partial charge >= 0.3 is 0 Å². The van der Waals surface area contributed by atoms with Gasteiger partial charge in [-0.1, -0.05) is 24.3 Å². The molecule has 1 aliphatic heterocycles. The molecule has 2 aromatic carbocycles. The van der Waals surface area contributed by atoms with Gasteiger partial charge in [-0.05, 0) is 68.4 Å². The van der Waals surface area contributed by atoms with Crippen molar-refractivity contribution in [1.29, 1.82) is 0 Å². The van der Waals surface area contributed by atoms with Gasteiger partial charge in [0.2, 0.25) is 0 Å². The number of carbonyl (C=O) groups excluding carboxylic acids is 1. The fourth-order valence-corrected chi connectivity index (χ4v) is 3.95. The molecule has 0 saturated carbocycles. The number of nitrogens with zero attached hydrogens (tertiary/aromatic N) is 2. The highest BCUT2D eigenvalue weighted by Crippen LogP contribution is 2.36. The Morgan fingerprint density at radius 2 is 1.89 bits per heavy atom. The van der Waals surface area contributed by atoms with Gasteiger partial charge in [0.25, 0.3) is 5.91 Å². The molecule has 3 rings (SSSR count). The standard InChI is InChI=1S/C22H24N2O3S/c1-5-27-18-12-11-16(13-19(18)26-4)14-20-21(25)24(15(2)3)22(28-20)23-17-9-7-6-8-10-17/h6-15H,5H2,1-4H3/b20-14+,23-22?. The molecule has 1 fully saturated rings. The highest BCUT2D eigenvalue weighted by molar-refractivity contribution is 8.18. The fraction of sp³-hybridized carbons (Fsp3) is 0.273. The Hall–Kier alpha value is -2.73. The second-order valence-corrected chi connectivity index (χ2v) is 7.46. The van der Waals surface area contributed by atoms with Gasteiger partial charge in [0, 0.05) is 6.04 Å². The molecule has 0 atom stereocenters. The van der Waals surface area contributed by atoms with Crippen LogP contribution in [0.5, 0.6) is 11.5 Å². The molecular weight excluding hydrogens is 372 g/mol. The largest absolute Gasteiger partial charge is 0.493 e. The molecule has 146 valence electrons. The van der Waals surface area contributed by atoms with Crippen LogP contribution in [0.2, 0.25) is 0 Å². The Labute approximate surface area is 170 Å². The first-order valence-electron chi connectivity index (χ1n) is 9.21. The summed E-state index contributed by atoms with van der Waals surface area (Å²) in [4.78, 5) is 20.0. The van der Waals surface area contributed by atoms with E-state index in [4.69, 9.17) is 9.47 Å². The van der Waals surface area contributed by atoms with Crippen molar-refractivity contribution in [3.63, 3.8) is 0 Å². The lowest BCUT2D eigenvalue weighted by molar-refractivity contribution is -0.123. The number of hydrogen-bond donors (Lipinski definition) is 0. The van der Waals surface area contributed by atoms with E-state index in [0.29, 0.717) is 28.2 Å². The summed E-state index contributed by atoms with van der Waals surface area (Å²) in [7, 11) is 1.61. The zero-order valence-corrected chi connectivity index (χ0v) is 17.3. The van der Waals surface area contributed by atoms with Gasteiger partial charge in [-0.3, -0.25) is 9.69 Å². The smallest absolute Gasteiger partial charge is 0.266 e. The van der Waals surface area contributed by atoms with Gasteiger partial charge in [0.15, 0.2) is 16.7 Å². The third kappa shape index (κ3) is 4.39. The third-order valence-corrected chi connectivity index (χ3v) is 5.10. The van der Waals surface area contributed by atoms with Crippen molar-refractivity contribution >= 4 is 34.6 Å². The van der Waals surface area contributed by atoms with Crippen LogP contribution >= 0.6 is 11.8 Å². The summed E-state index contributed by atoms with van der Waals surface area (Å²) < 4.78 is 11.0. The number of ether oxygens (including phenoxy) is 2. The van der Waals surface area contributed by atoms with E-state index in [1.54, 1.807) is 12.0 Å². The topological polar surface area (TPSA) is 51.1 Å². The lowest BCUT2D eigenvalue weighted by Gasteiger charge is -2.19. The van der Waals surface area contributed by atoms with Crippen LogP contribution in [-0.4, -0.2) is 35.7 Å². The second kappa shape index (κ2) is 8.97. The number of benzene rings is 2. The van der Waals surface area contributed by atoms with Crippen molar-refractivity contribution in [2.24, 2.45) is 4.99 Å². The summed E-state index contributed by atoms with van der Waals surface area (Å²) in [5.74, 6) is 1.29. The van der Waals surface area contributed by atoms with E-state index in [-0.39, 0.29) is 11.9 Å². The van der Waals surface area contributed by atoms with Crippen molar-refractivity contribution in [1.82, 2.24) is 4.90 Å². The number of rotatable bonds is 6. The highest BCUT2D eigenvalue weighted by atomic mass is 32.2. The van der Waals surface area contributed by atoms with Crippen LogP contribution in [0.25, 0.3) is 6.08 Å². The molecule has 0 aromatic heterocycles. The van der Waals surface area contributed by atoms with Crippen molar-refractivity contribution in [2.75, 3.05) is 13.7 Å². The summed E-state index contributed by atoms with van der Waals surface area (Å²) >= 11 is 1.39. The van der Waals surface area contributed by atoms with Crippen molar-refractivity contribution < 1.29 is 14.3 Å². The normalized spacial score (nSPS) is 17.0. The summed E-state index contributed by atoms with van der Waals surface area (Å²) in [5, 5.41) is 0.690. The zero-order chi connectivity index (χ0) is 20.1. The molecule has 0 spiro atoms. The van der Waals surface area contributed by atoms with Gasteiger partial charge in [-0.25, -0.2) is 4.99 Å². The predicted molar refractivity (Wildman–Crippen MR) is 115 cm³/mol. The van der Waals surface area contributed by atoms with Crippen LogP contribution in [0.15, 0.2) is 58.4 Å². The molecule has 1 amide bonds. The second-order valence-electron chi connectivity index (χ2n) is 6.45. The maximum atomic E-state index is 13.0. The quantitative estimate of drug-likeness (QED) is 0.637. The van der Waals surface area contributed by atoms with Gasteiger partial charge in [-0.2, -0.15) is 0 Å². The fourth-order valence-electron chi connectivity index (χ4n) is 2.83. The Balaban J connectivity index is 1.94. The molecule has 28 heavy (non-hydrogen) atoms. The average Bonchev–Trinajstić information content (AvgIpc) is 2.99. The molecule has 5 nitrogen and oxygen atoms in total. The SMILES string of the molecule is CCOc1ccc(/C=C2/SC(=Nc3ccccc3)N(C(C)C)C2=O)cc1OC. The number of carbonyl (C=O) groups is 1. The van der Waals surface area contributed by atoms with Crippen LogP contribution in [0.1, 0.15) is 26.3 Å². The number of aliphatic imine (C=N–C) groups is 1. The Morgan fingerprint density at radius 3 is 2.54 bits per heavy atom. The molecule has 0 bridgehead atoms. The summed E-state index contributed by atoms with van der Waals surface area (Å²) in [6, 6.07) is 15.3. The van der Waals surface area contributed by atoms with E-state index < -0.39 is 0 Å². The maximum Gasteiger partial charge on any atom is 0.266 e. The van der Waals surface area contributed by atoms with E-state index in [1.165, 1.54) is 11.8 Å². The lowest BCUT2D eigenvalue weighted by atomic mass is 10.2. The van der Waals surface area contributed by atoms with E-state index in [1.807, 2.05) is 75.4 Å². The van der Waals surface area contributed by atoms with Crippen LogP contribution in [0.4, 0.5) is 5.69 Å². The molecule has 1 heterocycles. The van der Waals surface area contributed by atoms with Gasteiger partial charge < -0.3 is 9.47 Å². The van der Waals surface area contributed by atoms with Crippen LogP contribution < -0.4 is 9.47 Å². The molecule has 0 unspecified atom stereocenters. The van der Waals surface area contributed by atoms with E-state index in [2.05, 4.69) is 4.99 Å². The Kier molecular flexibility index (Phi) is 6.41. The van der Waals surface area contributed by atoms with Gasteiger partial charge in [0.1, 0.15) is 0 Å². The molecule has 2 aromatic rings. The maximum absolute atomic E-state index is 13.0. The molecular formula is C22H24N2O3S. The van der Waals surface area contributed by atoms with Crippen LogP contribution in [0.3, 0.4) is 0 Å². The lowest BCUT2D eigenvalue weighted by Crippen LogP contribution is -2.35. The monoisotopic (exact) mass is 396 g/mol. The molecule has 6 heteroatoms. The molecule has 0 radical (unpaired) electrons. The summed E-state index contributed by atoms with van der Waals surface area (Å²) in [6.45, 7) is 6.47. The Bertz CT molecular complexity index is 907. The number of methoxy groups -OCH3 is 1. The number of thioether (sulfide) groups is 1. The first-order valence-corrected chi connectivity index (χ1v) is 10.0. The van der Waals surface area contributed by atoms with E-state index in [0.717, 1.165) is 11.3 Å². The third-order valence-electron chi connectivity index (χ3n) is 4.12. The number of para-hydroxylation sites is 1. The minimum atomic E-state index is -0.0393. The van der Waals surface area contributed by atoms with E-state index >= 15 is 0 Å². The first-order chi connectivity index (χ1) is 13.5. The van der Waals surface area contributed by atoms with Crippen molar-refractivity contribution in [2.45, 2.75) is 26.8 Å².